The van der Waals surface area contributed by atoms with E-state index in [2.05, 4.69) is 51.0 Å². The lowest BCUT2D eigenvalue weighted by Crippen LogP contribution is -2.47. The van der Waals surface area contributed by atoms with Crippen LogP contribution in [0.5, 0.6) is 0 Å². The molecule has 25 heavy (non-hydrogen) atoms. The van der Waals surface area contributed by atoms with Gasteiger partial charge in [0.25, 0.3) is 5.56 Å². The molecule has 1 aliphatic rings. The van der Waals surface area contributed by atoms with Crippen molar-refractivity contribution in [3.63, 3.8) is 0 Å². The van der Waals surface area contributed by atoms with E-state index in [0.29, 0.717) is 5.39 Å². The van der Waals surface area contributed by atoms with Gasteiger partial charge in [0, 0.05) is 31.9 Å². The maximum absolute atomic E-state index is 12.3. The fourth-order valence-electron chi connectivity index (χ4n) is 3.48. The number of nitrogens with one attached hydrogen (secondary N) is 1. The normalized spacial score (nSPS) is 16.9. The Bertz CT molecular complexity index is 914. The smallest absolute Gasteiger partial charge is 0.258 e. The number of piperazine rings is 1. The molecule has 128 valence electrons. The van der Waals surface area contributed by atoms with Crippen LogP contribution in [0.25, 0.3) is 10.9 Å². The second kappa shape index (κ2) is 6.69. The van der Waals surface area contributed by atoms with Crippen molar-refractivity contribution in [2.45, 2.75) is 13.0 Å². The summed E-state index contributed by atoms with van der Waals surface area (Å²) in [5, 5.41) is 0.646. The van der Waals surface area contributed by atoms with Crippen LogP contribution in [-0.2, 0) is 0 Å². The van der Waals surface area contributed by atoms with E-state index in [4.69, 9.17) is 0 Å². The van der Waals surface area contributed by atoms with E-state index in [1.54, 1.807) is 0 Å². The van der Waals surface area contributed by atoms with E-state index in [9.17, 15) is 4.79 Å². The summed E-state index contributed by atoms with van der Waals surface area (Å²) in [4.78, 5) is 24.7. The highest BCUT2D eigenvalue weighted by Gasteiger charge is 2.24. The summed E-state index contributed by atoms with van der Waals surface area (Å²) in [5.74, 6) is 0.747. The zero-order valence-electron chi connectivity index (χ0n) is 14.4. The quantitative estimate of drug-likeness (QED) is 0.800. The Kier molecular flexibility index (Phi) is 4.24. The highest BCUT2D eigenvalue weighted by molar-refractivity contribution is 5.77. The molecule has 1 N–H and O–H groups in total. The van der Waals surface area contributed by atoms with Gasteiger partial charge in [-0.2, -0.15) is 0 Å². The molecule has 0 bridgehead atoms. The van der Waals surface area contributed by atoms with Crippen LogP contribution in [0, 0.1) is 0 Å². The molecule has 4 rings (SSSR count). The van der Waals surface area contributed by atoms with Gasteiger partial charge in [0.1, 0.15) is 5.82 Å². The van der Waals surface area contributed by atoms with Crippen molar-refractivity contribution in [1.29, 1.82) is 0 Å². The summed E-state index contributed by atoms with van der Waals surface area (Å²) >= 11 is 0. The molecule has 5 nitrogen and oxygen atoms in total. The lowest BCUT2D eigenvalue weighted by molar-refractivity contribution is 0.192. The first-order valence-electron chi connectivity index (χ1n) is 8.75. The molecule has 0 radical (unpaired) electrons. The van der Waals surface area contributed by atoms with Gasteiger partial charge in [0.05, 0.1) is 16.9 Å². The molecule has 0 amide bonds. The second-order valence-corrected chi connectivity index (χ2v) is 6.50. The van der Waals surface area contributed by atoms with Gasteiger partial charge in [-0.3, -0.25) is 9.69 Å². The first kappa shape index (κ1) is 15.8. The van der Waals surface area contributed by atoms with Crippen LogP contribution in [-0.4, -0.2) is 41.0 Å². The van der Waals surface area contributed by atoms with Gasteiger partial charge in [-0.1, -0.05) is 30.3 Å². The van der Waals surface area contributed by atoms with Crippen molar-refractivity contribution in [3.05, 3.63) is 70.8 Å². The summed E-state index contributed by atoms with van der Waals surface area (Å²) in [6, 6.07) is 18.1. The molecule has 0 unspecified atom stereocenters. The summed E-state index contributed by atoms with van der Waals surface area (Å²) in [6.07, 6.45) is 0. The largest absolute Gasteiger partial charge is 0.369 e. The molecule has 3 aromatic rings. The number of fused-ring (bicyclic) bond motifs is 1. The highest BCUT2D eigenvalue weighted by Crippen LogP contribution is 2.22. The Morgan fingerprint density at radius 2 is 1.64 bits per heavy atom. The fourth-order valence-corrected chi connectivity index (χ4v) is 3.48. The zero-order chi connectivity index (χ0) is 17.2. The van der Waals surface area contributed by atoms with Gasteiger partial charge in [0.15, 0.2) is 0 Å². The predicted molar refractivity (Wildman–Crippen MR) is 101 cm³/mol. The van der Waals surface area contributed by atoms with Crippen LogP contribution in [0.15, 0.2) is 59.4 Å². The molecule has 1 saturated heterocycles. The lowest BCUT2D eigenvalue weighted by atomic mass is 10.2. The zero-order valence-corrected chi connectivity index (χ0v) is 14.4. The standard InChI is InChI=1S/C20H22N4O/c1-15(19-21-18-10-6-5-9-17(18)20(25)22-19)23-11-13-24(14-12-23)16-7-3-2-4-8-16/h2-10,15H,11-14H2,1H3,(H,21,22,25)/t15-/m1/s1. The number of benzene rings is 2. The van der Waals surface area contributed by atoms with Gasteiger partial charge < -0.3 is 9.88 Å². The third-order valence-corrected chi connectivity index (χ3v) is 5.01. The molecular weight excluding hydrogens is 312 g/mol. The van der Waals surface area contributed by atoms with Crippen LogP contribution in [0.2, 0.25) is 0 Å². The maximum atomic E-state index is 12.3. The summed E-state index contributed by atoms with van der Waals surface area (Å²) < 4.78 is 0. The van der Waals surface area contributed by atoms with E-state index in [1.807, 2.05) is 30.3 Å². The van der Waals surface area contributed by atoms with Crippen molar-refractivity contribution in [2.24, 2.45) is 0 Å². The Morgan fingerprint density at radius 3 is 2.40 bits per heavy atom. The van der Waals surface area contributed by atoms with E-state index >= 15 is 0 Å². The van der Waals surface area contributed by atoms with E-state index in [0.717, 1.165) is 37.5 Å². The Morgan fingerprint density at radius 1 is 0.960 bits per heavy atom. The van der Waals surface area contributed by atoms with Gasteiger partial charge in [-0.25, -0.2) is 4.98 Å². The van der Waals surface area contributed by atoms with Crippen molar-refractivity contribution in [1.82, 2.24) is 14.9 Å². The average molecular weight is 334 g/mol. The monoisotopic (exact) mass is 334 g/mol. The van der Waals surface area contributed by atoms with Crippen molar-refractivity contribution in [3.8, 4) is 0 Å². The first-order valence-corrected chi connectivity index (χ1v) is 8.75. The van der Waals surface area contributed by atoms with Crippen molar-refractivity contribution >= 4 is 16.6 Å². The Labute approximate surface area is 146 Å². The molecule has 2 heterocycles. The number of hydrogen-bond acceptors (Lipinski definition) is 4. The lowest BCUT2D eigenvalue weighted by Gasteiger charge is -2.38. The molecule has 1 atom stereocenters. The SMILES string of the molecule is C[C@H](c1nc2ccccc2c(=O)[nH]1)N1CCN(c2ccccc2)CC1. The molecular formula is C20H22N4O. The molecule has 2 aromatic carbocycles. The van der Waals surface area contributed by atoms with Gasteiger partial charge in [-0.15, -0.1) is 0 Å². The minimum absolute atomic E-state index is 0.0598. The van der Waals surface area contributed by atoms with Crippen LogP contribution >= 0.6 is 0 Å². The van der Waals surface area contributed by atoms with E-state index in [-0.39, 0.29) is 11.6 Å². The van der Waals surface area contributed by atoms with Crippen LogP contribution in [0.4, 0.5) is 5.69 Å². The van der Waals surface area contributed by atoms with E-state index < -0.39 is 0 Å². The minimum atomic E-state index is -0.0598. The Balaban J connectivity index is 1.51. The number of aromatic amines is 1. The molecule has 0 aliphatic carbocycles. The first-order chi connectivity index (χ1) is 12.2. The number of aromatic nitrogens is 2. The van der Waals surface area contributed by atoms with Crippen LogP contribution < -0.4 is 10.5 Å². The second-order valence-electron chi connectivity index (χ2n) is 6.50. The fraction of sp³-hybridized carbons (Fsp3) is 0.300. The molecule has 0 saturated carbocycles. The summed E-state index contributed by atoms with van der Waals surface area (Å²) in [5.41, 5.74) is 1.97. The third kappa shape index (κ3) is 3.15. The van der Waals surface area contributed by atoms with Gasteiger partial charge in [-0.05, 0) is 31.2 Å². The molecule has 1 fully saturated rings. The molecule has 1 aromatic heterocycles. The van der Waals surface area contributed by atoms with Crippen LogP contribution in [0.3, 0.4) is 0 Å². The number of anilines is 1. The number of hydrogen-bond donors (Lipinski definition) is 1. The summed E-state index contributed by atoms with van der Waals surface area (Å²) in [7, 11) is 0. The van der Waals surface area contributed by atoms with Crippen LogP contribution in [0.1, 0.15) is 18.8 Å². The topological polar surface area (TPSA) is 52.2 Å². The number of H-pyrrole nitrogens is 1. The molecule has 5 heteroatoms. The third-order valence-electron chi connectivity index (χ3n) is 5.01. The highest BCUT2D eigenvalue weighted by atomic mass is 16.1. The molecule has 1 aliphatic heterocycles. The number of rotatable bonds is 3. The van der Waals surface area contributed by atoms with Gasteiger partial charge >= 0.3 is 0 Å². The summed E-state index contributed by atoms with van der Waals surface area (Å²) in [6.45, 7) is 5.97. The average Bonchev–Trinajstić information content (AvgIpc) is 2.68. The predicted octanol–water partition coefficient (Wildman–Crippen LogP) is 2.81. The van der Waals surface area contributed by atoms with Crippen molar-refractivity contribution in [2.75, 3.05) is 31.1 Å². The number of nitrogens with zero attached hydrogens (tertiary/aromatic N) is 3. The Hall–Kier alpha value is -2.66. The van der Waals surface area contributed by atoms with E-state index in [1.165, 1.54) is 5.69 Å². The van der Waals surface area contributed by atoms with Crippen molar-refractivity contribution < 1.29 is 0 Å². The minimum Gasteiger partial charge on any atom is -0.369 e. The maximum Gasteiger partial charge on any atom is 0.258 e. The van der Waals surface area contributed by atoms with Gasteiger partial charge in [0.2, 0.25) is 0 Å². The molecule has 0 spiro atoms. The number of para-hydroxylation sites is 2.